The third-order valence-electron chi connectivity index (χ3n) is 1.74. The van der Waals surface area contributed by atoms with Crippen molar-refractivity contribution in [1.82, 2.24) is 20.3 Å². The molecular weight excluding hydrogens is 251 g/mol. The summed E-state index contributed by atoms with van der Waals surface area (Å²) in [6.07, 6.45) is 4.45. The first-order valence-corrected chi connectivity index (χ1v) is 5.12. The normalized spacial score (nSPS) is 9.31. The SMILES string of the molecule is C=CCCn1cc(CNC(=O)CCl)nn1.Cl. The van der Waals surface area contributed by atoms with Crippen LogP contribution < -0.4 is 5.32 Å². The maximum absolute atomic E-state index is 10.9. The molecule has 0 saturated carbocycles. The number of halogens is 2. The van der Waals surface area contributed by atoms with Crippen LogP contribution in [0.3, 0.4) is 0 Å². The lowest BCUT2D eigenvalue weighted by molar-refractivity contribution is -0.118. The molecule has 0 aliphatic carbocycles. The van der Waals surface area contributed by atoms with Crippen molar-refractivity contribution in [1.29, 1.82) is 0 Å². The number of allylic oxidation sites excluding steroid dienone is 1. The number of nitrogens with zero attached hydrogens (tertiary/aromatic N) is 3. The van der Waals surface area contributed by atoms with Gasteiger partial charge >= 0.3 is 0 Å². The lowest BCUT2D eigenvalue weighted by Gasteiger charge is -1.97. The quantitative estimate of drug-likeness (QED) is 0.619. The van der Waals surface area contributed by atoms with Gasteiger partial charge in [-0.25, -0.2) is 0 Å². The number of carbonyl (C=O) groups excluding carboxylic acids is 1. The van der Waals surface area contributed by atoms with Crippen molar-refractivity contribution in [3.05, 3.63) is 24.5 Å². The second kappa shape index (κ2) is 8.13. The summed E-state index contributed by atoms with van der Waals surface area (Å²) in [6.45, 7) is 4.73. The Bertz CT molecular complexity index is 340. The van der Waals surface area contributed by atoms with E-state index < -0.39 is 0 Å². The summed E-state index contributed by atoms with van der Waals surface area (Å²) >= 11 is 5.33. The molecule has 1 amide bonds. The van der Waals surface area contributed by atoms with Crippen LogP contribution in [0, 0.1) is 0 Å². The Hall–Kier alpha value is -1.07. The standard InChI is InChI=1S/C9H13ClN4O.ClH/c1-2-3-4-14-7-8(12-13-14)6-11-9(15)5-10;/h2,7H,1,3-6H2,(H,11,15);1H. The van der Waals surface area contributed by atoms with Gasteiger partial charge in [0, 0.05) is 6.54 Å². The van der Waals surface area contributed by atoms with Gasteiger partial charge in [-0.3, -0.25) is 9.48 Å². The maximum Gasteiger partial charge on any atom is 0.235 e. The Balaban J connectivity index is 0.00000225. The van der Waals surface area contributed by atoms with E-state index in [0.717, 1.165) is 18.7 Å². The Morgan fingerprint density at radius 2 is 2.44 bits per heavy atom. The number of aryl methyl sites for hydroxylation is 1. The van der Waals surface area contributed by atoms with Crippen LogP contribution >= 0.6 is 24.0 Å². The molecule has 0 fully saturated rings. The van der Waals surface area contributed by atoms with Crippen LogP contribution in [0.2, 0.25) is 0 Å². The smallest absolute Gasteiger partial charge is 0.235 e. The lowest BCUT2D eigenvalue weighted by atomic mass is 10.4. The summed E-state index contributed by atoms with van der Waals surface area (Å²) in [5.74, 6) is -0.248. The Morgan fingerprint density at radius 1 is 1.69 bits per heavy atom. The van der Waals surface area contributed by atoms with Crippen LogP contribution in [0.15, 0.2) is 18.9 Å². The zero-order valence-corrected chi connectivity index (χ0v) is 10.3. The molecule has 16 heavy (non-hydrogen) atoms. The Kier molecular flexibility index (Phi) is 7.58. The highest BCUT2D eigenvalue weighted by Crippen LogP contribution is 1.94. The summed E-state index contributed by atoms with van der Waals surface area (Å²) < 4.78 is 1.71. The highest BCUT2D eigenvalue weighted by atomic mass is 35.5. The molecule has 0 spiro atoms. The van der Waals surface area contributed by atoms with Crippen molar-refractivity contribution in [3.8, 4) is 0 Å². The monoisotopic (exact) mass is 264 g/mol. The molecule has 90 valence electrons. The van der Waals surface area contributed by atoms with Gasteiger partial charge in [-0.15, -0.1) is 35.7 Å². The summed E-state index contributed by atoms with van der Waals surface area (Å²) in [4.78, 5) is 10.9. The van der Waals surface area contributed by atoms with Gasteiger partial charge < -0.3 is 5.32 Å². The minimum absolute atomic E-state index is 0. The van der Waals surface area contributed by atoms with Gasteiger partial charge in [0.05, 0.1) is 12.7 Å². The van der Waals surface area contributed by atoms with Gasteiger partial charge in [0.1, 0.15) is 11.6 Å². The zero-order chi connectivity index (χ0) is 11.1. The maximum atomic E-state index is 10.9. The largest absolute Gasteiger partial charge is 0.349 e. The fourth-order valence-corrected chi connectivity index (χ4v) is 1.08. The fraction of sp³-hybridized carbons (Fsp3) is 0.444. The number of amides is 1. The van der Waals surface area contributed by atoms with E-state index in [1.807, 2.05) is 6.08 Å². The van der Waals surface area contributed by atoms with Gasteiger partial charge in [-0.05, 0) is 6.42 Å². The number of carbonyl (C=O) groups is 1. The second-order valence-corrected chi connectivity index (χ2v) is 3.23. The van der Waals surface area contributed by atoms with Gasteiger partial charge in [-0.1, -0.05) is 11.3 Å². The third-order valence-corrected chi connectivity index (χ3v) is 1.98. The molecule has 1 aromatic rings. The molecule has 0 saturated heterocycles. The molecule has 7 heteroatoms. The van der Waals surface area contributed by atoms with Crippen molar-refractivity contribution in [2.45, 2.75) is 19.5 Å². The predicted octanol–water partition coefficient (Wildman–Crippen LogP) is 1.13. The van der Waals surface area contributed by atoms with E-state index in [4.69, 9.17) is 11.6 Å². The van der Waals surface area contributed by atoms with E-state index >= 15 is 0 Å². The van der Waals surface area contributed by atoms with Crippen molar-refractivity contribution >= 4 is 29.9 Å². The van der Waals surface area contributed by atoms with Crippen LogP contribution in [0.25, 0.3) is 0 Å². The molecule has 1 heterocycles. The first-order chi connectivity index (χ1) is 7.26. The molecule has 0 bridgehead atoms. The molecule has 0 aliphatic heterocycles. The molecule has 0 atom stereocenters. The van der Waals surface area contributed by atoms with Crippen LogP contribution in [-0.4, -0.2) is 26.8 Å². The molecule has 0 radical (unpaired) electrons. The van der Waals surface area contributed by atoms with Gasteiger partial charge in [0.25, 0.3) is 0 Å². The van der Waals surface area contributed by atoms with Crippen LogP contribution in [-0.2, 0) is 17.9 Å². The number of hydrogen-bond donors (Lipinski definition) is 1. The van der Waals surface area contributed by atoms with E-state index in [1.165, 1.54) is 0 Å². The Morgan fingerprint density at radius 3 is 3.06 bits per heavy atom. The molecule has 0 unspecified atom stereocenters. The van der Waals surface area contributed by atoms with E-state index in [-0.39, 0.29) is 24.2 Å². The molecule has 1 N–H and O–H groups in total. The molecule has 0 aliphatic rings. The minimum atomic E-state index is -0.211. The summed E-state index contributed by atoms with van der Waals surface area (Å²) in [6, 6.07) is 0. The van der Waals surface area contributed by atoms with Crippen molar-refractivity contribution < 1.29 is 4.79 Å². The summed E-state index contributed by atoms with van der Waals surface area (Å²) in [5.41, 5.74) is 0.720. The van der Waals surface area contributed by atoms with E-state index in [2.05, 4.69) is 22.2 Å². The van der Waals surface area contributed by atoms with Crippen LogP contribution in [0.4, 0.5) is 0 Å². The summed E-state index contributed by atoms with van der Waals surface area (Å²) in [7, 11) is 0. The molecule has 5 nitrogen and oxygen atoms in total. The number of alkyl halides is 1. The molecular formula is C9H14Cl2N4O. The number of nitrogens with one attached hydrogen (secondary N) is 1. The fourth-order valence-electron chi connectivity index (χ4n) is 0.989. The topological polar surface area (TPSA) is 59.8 Å². The van der Waals surface area contributed by atoms with Crippen LogP contribution in [0.1, 0.15) is 12.1 Å². The Labute approximate surface area is 105 Å². The highest BCUT2D eigenvalue weighted by Gasteiger charge is 2.02. The predicted molar refractivity (Wildman–Crippen MR) is 64.7 cm³/mol. The zero-order valence-electron chi connectivity index (χ0n) is 8.73. The van der Waals surface area contributed by atoms with Crippen LogP contribution in [0.5, 0.6) is 0 Å². The van der Waals surface area contributed by atoms with Crippen molar-refractivity contribution in [2.75, 3.05) is 5.88 Å². The third kappa shape index (κ3) is 5.14. The first kappa shape index (κ1) is 14.9. The highest BCUT2D eigenvalue weighted by molar-refractivity contribution is 6.27. The molecule has 0 aromatic carbocycles. The van der Waals surface area contributed by atoms with E-state index in [0.29, 0.717) is 6.54 Å². The van der Waals surface area contributed by atoms with Crippen molar-refractivity contribution in [3.63, 3.8) is 0 Å². The van der Waals surface area contributed by atoms with Gasteiger partial charge in [0.2, 0.25) is 5.91 Å². The molecule has 1 aromatic heterocycles. The summed E-state index contributed by atoms with van der Waals surface area (Å²) in [5, 5.41) is 10.4. The van der Waals surface area contributed by atoms with E-state index in [1.54, 1.807) is 10.9 Å². The average Bonchev–Trinajstić information content (AvgIpc) is 2.71. The number of rotatable bonds is 6. The minimum Gasteiger partial charge on any atom is -0.349 e. The lowest BCUT2D eigenvalue weighted by Crippen LogP contribution is -2.23. The average molecular weight is 265 g/mol. The van der Waals surface area contributed by atoms with Gasteiger partial charge in [-0.2, -0.15) is 0 Å². The number of hydrogen-bond acceptors (Lipinski definition) is 3. The van der Waals surface area contributed by atoms with Crippen molar-refractivity contribution in [2.24, 2.45) is 0 Å². The number of aromatic nitrogens is 3. The van der Waals surface area contributed by atoms with Gasteiger partial charge in [0.15, 0.2) is 0 Å². The molecule has 1 rings (SSSR count). The van der Waals surface area contributed by atoms with E-state index in [9.17, 15) is 4.79 Å². The second-order valence-electron chi connectivity index (χ2n) is 2.96. The first-order valence-electron chi connectivity index (χ1n) is 4.59.